The van der Waals surface area contributed by atoms with Crippen molar-refractivity contribution in [3.8, 4) is 0 Å². The highest BCUT2D eigenvalue weighted by Crippen LogP contribution is 2.01. The smallest absolute Gasteiger partial charge is 0.0690 e. The summed E-state index contributed by atoms with van der Waals surface area (Å²) in [5.41, 5.74) is 0. The Hall–Kier alpha value is -0.120. The molecule has 3 N–H and O–H groups in total. The molecule has 0 aliphatic heterocycles. The molecule has 0 aliphatic carbocycles. The summed E-state index contributed by atoms with van der Waals surface area (Å²) in [5.74, 6) is 0. The van der Waals surface area contributed by atoms with Gasteiger partial charge in [-0.05, 0) is 26.4 Å². The third-order valence-corrected chi connectivity index (χ3v) is 2.26. The van der Waals surface area contributed by atoms with Gasteiger partial charge in [0.1, 0.15) is 0 Å². The lowest BCUT2D eigenvalue weighted by Gasteiger charge is -2.21. The van der Waals surface area contributed by atoms with Crippen molar-refractivity contribution in [2.45, 2.75) is 51.8 Å². The topological polar surface area (TPSA) is 44.3 Å². The van der Waals surface area contributed by atoms with E-state index in [1.807, 2.05) is 14.0 Å². The molecule has 0 aromatic heterocycles. The van der Waals surface area contributed by atoms with Crippen molar-refractivity contribution in [3.05, 3.63) is 0 Å². The molecule has 0 radical (unpaired) electrons. The van der Waals surface area contributed by atoms with Gasteiger partial charge in [-0.15, -0.1) is 0 Å². The van der Waals surface area contributed by atoms with Crippen molar-refractivity contribution in [1.82, 2.24) is 10.6 Å². The molecule has 0 aromatic carbocycles. The maximum atomic E-state index is 9.59. The molecule has 0 saturated carbocycles. The number of rotatable bonds is 7. The summed E-state index contributed by atoms with van der Waals surface area (Å²) in [4.78, 5) is 0. The van der Waals surface area contributed by atoms with Crippen molar-refractivity contribution < 1.29 is 5.11 Å². The second-order valence-electron chi connectivity index (χ2n) is 3.77. The zero-order valence-corrected chi connectivity index (χ0v) is 9.30. The molecule has 0 rings (SSSR count). The molecule has 2 unspecified atom stereocenters. The SMILES string of the molecule is CCC(O)C(CCNC(C)C)NC. The Kier molecular flexibility index (Phi) is 7.23. The van der Waals surface area contributed by atoms with Gasteiger partial charge in [0, 0.05) is 12.1 Å². The van der Waals surface area contributed by atoms with Crippen LogP contribution in [0, 0.1) is 0 Å². The van der Waals surface area contributed by atoms with E-state index >= 15 is 0 Å². The molecular weight excluding hydrogens is 164 g/mol. The Bertz CT molecular complexity index is 117. The molecular formula is C10H24N2O. The lowest BCUT2D eigenvalue weighted by atomic mass is 10.1. The average molecular weight is 188 g/mol. The van der Waals surface area contributed by atoms with E-state index in [0.29, 0.717) is 6.04 Å². The largest absolute Gasteiger partial charge is 0.392 e. The Balaban J connectivity index is 3.59. The van der Waals surface area contributed by atoms with Crippen molar-refractivity contribution in [1.29, 1.82) is 0 Å². The van der Waals surface area contributed by atoms with Gasteiger partial charge in [-0.3, -0.25) is 0 Å². The fourth-order valence-corrected chi connectivity index (χ4v) is 1.34. The van der Waals surface area contributed by atoms with Gasteiger partial charge in [0.15, 0.2) is 0 Å². The van der Waals surface area contributed by atoms with Gasteiger partial charge in [-0.1, -0.05) is 20.8 Å². The summed E-state index contributed by atoms with van der Waals surface area (Å²) in [7, 11) is 1.90. The van der Waals surface area contributed by atoms with Crippen LogP contribution in [0.5, 0.6) is 0 Å². The summed E-state index contributed by atoms with van der Waals surface area (Å²) >= 11 is 0. The van der Waals surface area contributed by atoms with Crippen LogP contribution in [0.2, 0.25) is 0 Å². The monoisotopic (exact) mass is 188 g/mol. The van der Waals surface area contributed by atoms with Gasteiger partial charge in [0.25, 0.3) is 0 Å². The first-order chi connectivity index (χ1) is 6.11. The number of aliphatic hydroxyl groups is 1. The van der Waals surface area contributed by atoms with Crippen LogP contribution in [0.1, 0.15) is 33.6 Å². The molecule has 0 aromatic rings. The number of aliphatic hydroxyl groups excluding tert-OH is 1. The van der Waals surface area contributed by atoms with E-state index in [1.54, 1.807) is 0 Å². The highest BCUT2D eigenvalue weighted by atomic mass is 16.3. The fourth-order valence-electron chi connectivity index (χ4n) is 1.34. The second-order valence-corrected chi connectivity index (χ2v) is 3.77. The normalized spacial score (nSPS) is 16.2. The van der Waals surface area contributed by atoms with Crippen LogP contribution < -0.4 is 10.6 Å². The van der Waals surface area contributed by atoms with Crippen molar-refractivity contribution in [2.75, 3.05) is 13.6 Å². The van der Waals surface area contributed by atoms with E-state index in [2.05, 4.69) is 24.5 Å². The van der Waals surface area contributed by atoms with Crippen LogP contribution in [0.4, 0.5) is 0 Å². The van der Waals surface area contributed by atoms with Gasteiger partial charge < -0.3 is 15.7 Å². The number of hydrogen-bond acceptors (Lipinski definition) is 3. The average Bonchev–Trinajstić information content (AvgIpc) is 2.11. The summed E-state index contributed by atoms with van der Waals surface area (Å²) in [5, 5.41) is 16.1. The van der Waals surface area contributed by atoms with Crippen LogP contribution in [0.15, 0.2) is 0 Å². The van der Waals surface area contributed by atoms with E-state index in [9.17, 15) is 5.11 Å². The minimum absolute atomic E-state index is 0.219. The maximum Gasteiger partial charge on any atom is 0.0690 e. The zero-order valence-electron chi connectivity index (χ0n) is 9.30. The molecule has 0 bridgehead atoms. The number of nitrogens with one attached hydrogen (secondary N) is 2. The molecule has 0 aliphatic rings. The second kappa shape index (κ2) is 7.30. The Morgan fingerprint density at radius 1 is 1.31 bits per heavy atom. The molecule has 0 amide bonds. The standard InChI is InChI=1S/C10H24N2O/c1-5-10(13)9(11-4)6-7-12-8(2)3/h8-13H,5-7H2,1-4H3. The van der Waals surface area contributed by atoms with E-state index in [0.717, 1.165) is 19.4 Å². The van der Waals surface area contributed by atoms with E-state index in [-0.39, 0.29) is 12.1 Å². The van der Waals surface area contributed by atoms with Gasteiger partial charge in [-0.2, -0.15) is 0 Å². The van der Waals surface area contributed by atoms with Gasteiger partial charge >= 0.3 is 0 Å². The number of hydrogen-bond donors (Lipinski definition) is 3. The first-order valence-corrected chi connectivity index (χ1v) is 5.20. The molecule has 2 atom stereocenters. The maximum absolute atomic E-state index is 9.59. The quantitative estimate of drug-likeness (QED) is 0.552. The first-order valence-electron chi connectivity index (χ1n) is 5.20. The predicted molar refractivity (Wildman–Crippen MR) is 56.9 cm³/mol. The predicted octanol–water partition coefficient (Wildman–Crippen LogP) is 0.733. The van der Waals surface area contributed by atoms with Gasteiger partial charge in [-0.25, -0.2) is 0 Å². The Labute approximate surface area is 81.9 Å². The first kappa shape index (κ1) is 12.9. The molecule has 0 fully saturated rings. The Morgan fingerprint density at radius 2 is 1.92 bits per heavy atom. The molecule has 80 valence electrons. The van der Waals surface area contributed by atoms with Gasteiger partial charge in [0.05, 0.1) is 6.10 Å². The molecule has 3 heteroatoms. The van der Waals surface area contributed by atoms with Crippen LogP contribution in [0.3, 0.4) is 0 Å². The minimum Gasteiger partial charge on any atom is -0.392 e. The number of likely N-dealkylation sites (N-methyl/N-ethyl adjacent to an activating group) is 1. The Morgan fingerprint density at radius 3 is 2.31 bits per heavy atom. The van der Waals surface area contributed by atoms with E-state index in [4.69, 9.17) is 0 Å². The molecule has 0 heterocycles. The van der Waals surface area contributed by atoms with Gasteiger partial charge in [0.2, 0.25) is 0 Å². The molecule has 3 nitrogen and oxygen atoms in total. The third kappa shape index (κ3) is 6.02. The molecule has 0 saturated heterocycles. The van der Waals surface area contributed by atoms with Crippen molar-refractivity contribution >= 4 is 0 Å². The summed E-state index contributed by atoms with van der Waals surface area (Å²) < 4.78 is 0. The van der Waals surface area contributed by atoms with Crippen LogP contribution >= 0.6 is 0 Å². The summed E-state index contributed by atoms with van der Waals surface area (Å²) in [6, 6.07) is 0.743. The lowest BCUT2D eigenvalue weighted by molar-refractivity contribution is 0.122. The molecule has 13 heavy (non-hydrogen) atoms. The van der Waals surface area contributed by atoms with Crippen LogP contribution in [0.25, 0.3) is 0 Å². The van der Waals surface area contributed by atoms with Crippen molar-refractivity contribution in [3.63, 3.8) is 0 Å². The highest BCUT2D eigenvalue weighted by molar-refractivity contribution is 4.74. The third-order valence-electron chi connectivity index (χ3n) is 2.26. The van der Waals surface area contributed by atoms with E-state index < -0.39 is 0 Å². The lowest BCUT2D eigenvalue weighted by Crippen LogP contribution is -2.40. The van der Waals surface area contributed by atoms with Crippen LogP contribution in [-0.2, 0) is 0 Å². The van der Waals surface area contributed by atoms with E-state index in [1.165, 1.54) is 0 Å². The summed E-state index contributed by atoms with van der Waals surface area (Å²) in [6.45, 7) is 7.22. The van der Waals surface area contributed by atoms with Crippen molar-refractivity contribution in [2.24, 2.45) is 0 Å². The summed E-state index contributed by atoms with van der Waals surface area (Å²) in [6.07, 6.45) is 1.57. The highest BCUT2D eigenvalue weighted by Gasteiger charge is 2.14. The zero-order chi connectivity index (χ0) is 10.3. The minimum atomic E-state index is -0.223. The molecule has 0 spiro atoms. The van der Waals surface area contributed by atoms with Crippen LogP contribution in [-0.4, -0.2) is 36.9 Å². The fraction of sp³-hybridized carbons (Fsp3) is 1.00.